The van der Waals surface area contributed by atoms with Crippen molar-refractivity contribution < 1.29 is 0 Å². The van der Waals surface area contributed by atoms with E-state index in [1.807, 2.05) is 0 Å². The summed E-state index contributed by atoms with van der Waals surface area (Å²) >= 11 is 0. The standard InChI is InChI=1S/C30H40Si2/c1-7-31(8-2,9-3)29-17-13-15-23-25-20-22-28-24(26(25)19-21-27(23)29)16-14-18-30(28)32(10-4,11-5)12-6/h13-22H,7-12H2,1-6H3. The fraction of sp³-hybridized carbons (Fsp3) is 0.400. The summed E-state index contributed by atoms with van der Waals surface area (Å²) in [7, 11) is -2.88. The maximum Gasteiger partial charge on any atom is 0.0867 e. The summed E-state index contributed by atoms with van der Waals surface area (Å²) < 4.78 is 0. The molecule has 0 fully saturated rings. The van der Waals surface area contributed by atoms with E-state index in [1.165, 1.54) is 68.6 Å². The molecule has 0 atom stereocenters. The molecule has 0 saturated heterocycles. The summed E-state index contributed by atoms with van der Waals surface area (Å²) in [4.78, 5) is 0. The van der Waals surface area contributed by atoms with Crippen molar-refractivity contribution in [2.75, 3.05) is 0 Å². The van der Waals surface area contributed by atoms with Crippen LogP contribution in [0.15, 0.2) is 60.7 Å². The summed E-state index contributed by atoms with van der Waals surface area (Å²) in [6, 6.07) is 32.0. The van der Waals surface area contributed by atoms with E-state index >= 15 is 0 Å². The predicted octanol–water partition coefficient (Wildman–Crippen LogP) is 8.58. The van der Waals surface area contributed by atoms with Crippen molar-refractivity contribution >= 4 is 58.8 Å². The van der Waals surface area contributed by atoms with Crippen LogP contribution in [0.3, 0.4) is 0 Å². The highest BCUT2D eigenvalue weighted by Gasteiger charge is 2.32. The number of benzene rings is 4. The first kappa shape index (κ1) is 23.3. The Labute approximate surface area is 197 Å². The van der Waals surface area contributed by atoms with Crippen LogP contribution in [0.5, 0.6) is 0 Å². The average Bonchev–Trinajstić information content (AvgIpc) is 2.86. The van der Waals surface area contributed by atoms with Crippen molar-refractivity contribution in [3.63, 3.8) is 0 Å². The molecule has 0 aliphatic carbocycles. The van der Waals surface area contributed by atoms with Gasteiger partial charge in [0, 0.05) is 0 Å². The Morgan fingerprint density at radius 2 is 0.656 bits per heavy atom. The molecular weight excluding hydrogens is 417 g/mol. The molecule has 32 heavy (non-hydrogen) atoms. The highest BCUT2D eigenvalue weighted by atomic mass is 28.3. The Morgan fingerprint density at radius 1 is 0.375 bits per heavy atom. The second-order valence-electron chi connectivity index (χ2n) is 9.71. The highest BCUT2D eigenvalue weighted by molar-refractivity contribution is 6.94. The molecule has 0 heterocycles. The first-order valence-electron chi connectivity index (χ1n) is 12.9. The monoisotopic (exact) mass is 456 g/mol. The Bertz CT molecular complexity index is 1130. The Balaban J connectivity index is 2.05. The van der Waals surface area contributed by atoms with Gasteiger partial charge < -0.3 is 0 Å². The van der Waals surface area contributed by atoms with E-state index < -0.39 is 16.1 Å². The zero-order chi connectivity index (χ0) is 22.9. The molecule has 0 spiro atoms. The first-order valence-corrected chi connectivity index (χ1v) is 18.2. The minimum absolute atomic E-state index is 1.33. The lowest BCUT2D eigenvalue weighted by atomic mass is 9.97. The predicted molar refractivity (Wildman–Crippen MR) is 153 cm³/mol. The average molecular weight is 457 g/mol. The topological polar surface area (TPSA) is 0 Å². The van der Waals surface area contributed by atoms with Crippen LogP contribution in [-0.2, 0) is 0 Å². The van der Waals surface area contributed by atoms with Crippen molar-refractivity contribution in [2.45, 2.75) is 77.8 Å². The molecule has 2 heteroatoms. The normalized spacial score (nSPS) is 12.8. The van der Waals surface area contributed by atoms with Crippen molar-refractivity contribution in [1.29, 1.82) is 0 Å². The zero-order valence-corrected chi connectivity index (χ0v) is 23.0. The van der Waals surface area contributed by atoms with E-state index in [9.17, 15) is 0 Å². The lowest BCUT2D eigenvalue weighted by molar-refractivity contribution is 1.20. The van der Waals surface area contributed by atoms with Gasteiger partial charge in [-0.05, 0) is 32.3 Å². The van der Waals surface area contributed by atoms with Gasteiger partial charge in [-0.15, -0.1) is 0 Å². The largest absolute Gasteiger partial charge is 0.0867 e. The van der Waals surface area contributed by atoms with Gasteiger partial charge in [0.1, 0.15) is 0 Å². The van der Waals surface area contributed by atoms with Crippen LogP contribution in [0.1, 0.15) is 41.5 Å². The minimum Gasteiger partial charge on any atom is -0.0675 e. The molecule has 4 aromatic rings. The third-order valence-electron chi connectivity index (χ3n) is 9.12. The van der Waals surface area contributed by atoms with Crippen molar-refractivity contribution in [2.24, 2.45) is 0 Å². The molecule has 0 radical (unpaired) electrons. The molecule has 0 nitrogen and oxygen atoms in total. The maximum absolute atomic E-state index is 2.45. The van der Waals surface area contributed by atoms with Gasteiger partial charge in [-0.25, -0.2) is 0 Å². The lowest BCUT2D eigenvalue weighted by Crippen LogP contribution is -2.46. The summed E-state index contributed by atoms with van der Waals surface area (Å²) in [6.45, 7) is 14.5. The fourth-order valence-corrected chi connectivity index (χ4v) is 14.3. The highest BCUT2D eigenvalue weighted by Crippen LogP contribution is 2.34. The quantitative estimate of drug-likeness (QED) is 0.184. The van der Waals surface area contributed by atoms with Crippen LogP contribution < -0.4 is 10.4 Å². The molecule has 168 valence electrons. The van der Waals surface area contributed by atoms with Crippen LogP contribution in [-0.4, -0.2) is 16.1 Å². The van der Waals surface area contributed by atoms with E-state index in [-0.39, 0.29) is 0 Å². The van der Waals surface area contributed by atoms with Gasteiger partial charge >= 0.3 is 0 Å². The number of rotatable bonds is 8. The van der Waals surface area contributed by atoms with Gasteiger partial charge in [-0.2, -0.15) is 0 Å². The third kappa shape index (κ3) is 3.38. The summed E-state index contributed by atoms with van der Waals surface area (Å²) in [5.74, 6) is 0. The van der Waals surface area contributed by atoms with Gasteiger partial charge in [-0.3, -0.25) is 0 Å². The number of fused-ring (bicyclic) bond motifs is 5. The SMILES string of the molecule is CC[Si](CC)(CC)c1cccc2c1ccc1c3cccc([Si](CC)(CC)CC)c3ccc21. The number of hydrogen-bond donors (Lipinski definition) is 0. The molecule has 0 aliphatic heterocycles. The molecule has 0 bridgehead atoms. The van der Waals surface area contributed by atoms with E-state index in [1.54, 1.807) is 10.4 Å². The van der Waals surface area contributed by atoms with Crippen molar-refractivity contribution in [3.05, 3.63) is 60.7 Å². The first-order chi connectivity index (χ1) is 15.5. The van der Waals surface area contributed by atoms with Gasteiger partial charge in [-0.1, -0.05) is 149 Å². The summed E-state index contributed by atoms with van der Waals surface area (Å²) in [6.07, 6.45) is 0. The van der Waals surface area contributed by atoms with Crippen LogP contribution in [0.2, 0.25) is 36.3 Å². The smallest absolute Gasteiger partial charge is 0.0675 e. The second-order valence-corrected chi connectivity index (χ2v) is 20.2. The van der Waals surface area contributed by atoms with Gasteiger partial charge in [0.15, 0.2) is 0 Å². The van der Waals surface area contributed by atoms with Gasteiger partial charge in [0.25, 0.3) is 0 Å². The third-order valence-corrected chi connectivity index (χ3v) is 20.4. The van der Waals surface area contributed by atoms with Gasteiger partial charge in [0.05, 0.1) is 16.1 Å². The van der Waals surface area contributed by atoms with Gasteiger partial charge in [0.2, 0.25) is 0 Å². The Hall–Kier alpha value is -1.91. The molecule has 4 rings (SSSR count). The van der Waals surface area contributed by atoms with Crippen LogP contribution >= 0.6 is 0 Å². The van der Waals surface area contributed by atoms with Crippen LogP contribution in [0.4, 0.5) is 0 Å². The molecule has 0 amide bonds. The van der Waals surface area contributed by atoms with E-state index in [2.05, 4.69) is 102 Å². The summed E-state index contributed by atoms with van der Waals surface area (Å²) in [5.41, 5.74) is 0. The molecular formula is C30H40Si2. The Morgan fingerprint density at radius 3 is 0.969 bits per heavy atom. The number of hydrogen-bond acceptors (Lipinski definition) is 0. The van der Waals surface area contributed by atoms with E-state index in [0.29, 0.717) is 0 Å². The fourth-order valence-electron chi connectivity index (χ4n) is 6.51. The maximum atomic E-state index is 2.45. The van der Waals surface area contributed by atoms with E-state index in [4.69, 9.17) is 0 Å². The minimum atomic E-state index is -1.44. The lowest BCUT2D eigenvalue weighted by Gasteiger charge is -2.31. The molecule has 0 saturated carbocycles. The summed E-state index contributed by atoms with van der Waals surface area (Å²) in [5, 5.41) is 12.1. The molecule has 0 unspecified atom stereocenters. The molecule has 0 N–H and O–H groups in total. The molecule has 4 aromatic carbocycles. The Kier molecular flexibility index (Phi) is 6.65. The van der Waals surface area contributed by atoms with Crippen molar-refractivity contribution in [3.8, 4) is 0 Å². The van der Waals surface area contributed by atoms with Crippen LogP contribution in [0, 0.1) is 0 Å². The second kappa shape index (κ2) is 9.15. The van der Waals surface area contributed by atoms with Crippen LogP contribution in [0.25, 0.3) is 32.3 Å². The van der Waals surface area contributed by atoms with Crippen molar-refractivity contribution in [1.82, 2.24) is 0 Å². The molecule has 0 aromatic heterocycles. The van der Waals surface area contributed by atoms with E-state index in [0.717, 1.165) is 0 Å². The zero-order valence-electron chi connectivity index (χ0n) is 21.0. The molecule has 0 aliphatic rings.